The monoisotopic (exact) mass is 244 g/mol. The maximum Gasteiger partial charge on any atom is 0.363 e. The zero-order chi connectivity index (χ0) is 12.7. The van der Waals surface area contributed by atoms with Crippen molar-refractivity contribution in [3.8, 4) is 0 Å². The molecule has 2 rings (SSSR count). The number of para-hydroxylation sites is 1. The fourth-order valence-electron chi connectivity index (χ4n) is 2.01. The third-order valence-electron chi connectivity index (χ3n) is 4.14. The summed E-state index contributed by atoms with van der Waals surface area (Å²) < 4.78 is 2.53. The molecule has 0 aliphatic heterocycles. The molecule has 1 nitrogen and oxygen atoms in total. The first-order valence-electron chi connectivity index (χ1n) is 6.24. The fraction of sp³-hybridized carbons (Fsp3) is 0.400. The molecule has 0 spiro atoms. The largest absolute Gasteiger partial charge is 0.363 e. The molecule has 0 saturated heterocycles. The average molecular weight is 244 g/mol. The maximum absolute atomic E-state index is 2.53. The van der Waals surface area contributed by atoms with E-state index in [9.17, 15) is 0 Å². The van der Waals surface area contributed by atoms with Gasteiger partial charge in [-0.15, -0.1) is 0 Å². The molecule has 1 aromatic heterocycles. The molecule has 1 aromatic carbocycles. The lowest BCUT2D eigenvalue weighted by molar-refractivity contribution is -0.520. The summed E-state index contributed by atoms with van der Waals surface area (Å²) in [6, 6.07) is 13.0. The Balaban J connectivity index is 2.72. The highest BCUT2D eigenvalue weighted by molar-refractivity contribution is 6.72. The summed E-state index contributed by atoms with van der Waals surface area (Å²) in [5, 5.41) is 1.68. The van der Waals surface area contributed by atoms with Gasteiger partial charge in [0.05, 0.1) is 0 Å². The van der Waals surface area contributed by atoms with Gasteiger partial charge < -0.3 is 0 Å². The van der Waals surface area contributed by atoms with Gasteiger partial charge in [0.2, 0.25) is 0 Å². The highest BCUT2D eigenvalue weighted by atomic mass is 28.3. The van der Waals surface area contributed by atoms with Gasteiger partial charge in [-0.25, -0.2) is 0 Å². The fourth-order valence-corrected chi connectivity index (χ4v) is 4.00. The lowest BCUT2D eigenvalue weighted by Gasteiger charge is -2.30. The summed E-state index contributed by atoms with van der Waals surface area (Å²) in [5.74, 6) is 0. The number of pyridine rings is 1. The van der Waals surface area contributed by atoms with Gasteiger partial charge in [0.25, 0.3) is 0 Å². The third kappa shape index (κ3) is 2.02. The Labute approximate surface area is 105 Å². The second-order valence-electron chi connectivity index (χ2n) is 6.25. The lowest BCUT2D eigenvalue weighted by Crippen LogP contribution is -2.65. The molecule has 0 amide bonds. The van der Waals surface area contributed by atoms with Gasteiger partial charge >= 0.3 is 8.24 Å². The van der Waals surface area contributed by atoms with Crippen LogP contribution in [0.3, 0.4) is 0 Å². The van der Waals surface area contributed by atoms with Crippen molar-refractivity contribution in [1.29, 1.82) is 0 Å². The van der Waals surface area contributed by atoms with Crippen molar-refractivity contribution < 1.29 is 4.23 Å². The molecule has 0 aliphatic carbocycles. The number of hydrogen-bond donors (Lipinski definition) is 0. The van der Waals surface area contributed by atoms with E-state index in [-0.39, 0.29) is 0 Å². The van der Waals surface area contributed by atoms with Gasteiger partial charge in [-0.1, -0.05) is 32.9 Å². The number of hydrogen-bond acceptors (Lipinski definition) is 0. The summed E-state index contributed by atoms with van der Waals surface area (Å²) in [4.78, 5) is 0. The molecule has 0 unspecified atom stereocenters. The Kier molecular flexibility index (Phi) is 2.86. The highest BCUT2D eigenvalue weighted by Crippen LogP contribution is 2.34. The number of fused-ring (bicyclic) bond motifs is 1. The number of nitrogens with zero attached hydrogens (tertiary/aromatic N) is 1. The summed E-state index contributed by atoms with van der Waals surface area (Å²) in [6.07, 6.45) is 2.25. The molecule has 0 fully saturated rings. The zero-order valence-electron chi connectivity index (χ0n) is 11.5. The van der Waals surface area contributed by atoms with Gasteiger partial charge in [0.15, 0.2) is 5.52 Å². The van der Waals surface area contributed by atoms with Gasteiger partial charge in [0, 0.05) is 22.6 Å². The van der Waals surface area contributed by atoms with E-state index in [0.29, 0.717) is 5.04 Å². The van der Waals surface area contributed by atoms with E-state index >= 15 is 0 Å². The Morgan fingerprint density at radius 3 is 2.18 bits per heavy atom. The Morgan fingerprint density at radius 1 is 0.941 bits per heavy atom. The van der Waals surface area contributed by atoms with Crippen molar-refractivity contribution in [1.82, 2.24) is 0 Å². The van der Waals surface area contributed by atoms with Crippen LogP contribution in [-0.2, 0) is 0 Å². The second kappa shape index (κ2) is 3.95. The quantitative estimate of drug-likeness (QED) is 0.668. The van der Waals surface area contributed by atoms with E-state index in [1.54, 1.807) is 0 Å². The summed E-state index contributed by atoms with van der Waals surface area (Å²) >= 11 is 0. The van der Waals surface area contributed by atoms with E-state index < -0.39 is 8.24 Å². The van der Waals surface area contributed by atoms with Crippen LogP contribution in [0.15, 0.2) is 42.6 Å². The second-order valence-corrected chi connectivity index (χ2v) is 11.3. The first kappa shape index (κ1) is 12.3. The van der Waals surface area contributed by atoms with Crippen molar-refractivity contribution in [2.24, 2.45) is 0 Å². The smallest absolute Gasteiger partial charge is 0.273 e. The Morgan fingerprint density at radius 2 is 1.53 bits per heavy atom. The van der Waals surface area contributed by atoms with Crippen LogP contribution < -0.4 is 4.23 Å². The van der Waals surface area contributed by atoms with E-state index in [1.165, 1.54) is 10.9 Å². The molecule has 90 valence electrons. The topological polar surface area (TPSA) is 3.88 Å². The molecule has 0 atom stereocenters. The van der Waals surface area contributed by atoms with Gasteiger partial charge in [-0.2, -0.15) is 0 Å². The summed E-state index contributed by atoms with van der Waals surface area (Å²) in [7, 11) is -1.53. The molecule has 2 heteroatoms. The minimum atomic E-state index is -1.53. The Hall–Kier alpha value is -1.15. The van der Waals surface area contributed by atoms with Gasteiger partial charge in [-0.05, 0) is 25.2 Å². The predicted molar refractivity (Wildman–Crippen MR) is 76.7 cm³/mol. The van der Waals surface area contributed by atoms with Crippen molar-refractivity contribution in [2.75, 3.05) is 0 Å². The van der Waals surface area contributed by atoms with Crippen LogP contribution >= 0.6 is 0 Å². The molecule has 0 radical (unpaired) electrons. The van der Waals surface area contributed by atoms with Crippen LogP contribution in [-0.4, -0.2) is 8.24 Å². The SMILES string of the molecule is CC(C)(C)[Si](C)(C)[n+]1cccc2ccccc21. The molecule has 0 aliphatic rings. The molecular formula is C15H22NSi+. The first-order valence-corrected chi connectivity index (χ1v) is 9.19. The number of benzene rings is 1. The van der Waals surface area contributed by atoms with E-state index in [4.69, 9.17) is 0 Å². The molecule has 0 N–H and O–H groups in total. The van der Waals surface area contributed by atoms with Crippen LogP contribution in [0.25, 0.3) is 10.9 Å². The Bertz CT molecular complexity index is 533. The van der Waals surface area contributed by atoms with Crippen molar-refractivity contribution >= 4 is 19.1 Å². The van der Waals surface area contributed by atoms with E-state index in [2.05, 4.69) is 80.7 Å². The molecule has 0 bridgehead atoms. The number of aromatic nitrogens is 1. The lowest BCUT2D eigenvalue weighted by atomic mass is 10.2. The van der Waals surface area contributed by atoms with E-state index in [0.717, 1.165) is 0 Å². The normalized spacial score (nSPS) is 13.0. The third-order valence-corrected chi connectivity index (χ3v) is 9.41. The highest BCUT2D eigenvalue weighted by Gasteiger charge is 2.48. The van der Waals surface area contributed by atoms with Crippen molar-refractivity contribution in [3.63, 3.8) is 0 Å². The van der Waals surface area contributed by atoms with E-state index in [1.807, 2.05) is 0 Å². The number of rotatable bonds is 1. The predicted octanol–water partition coefficient (Wildman–Crippen LogP) is 3.98. The average Bonchev–Trinajstić information content (AvgIpc) is 2.26. The summed E-state index contributed by atoms with van der Waals surface area (Å²) in [6.45, 7) is 12.0. The molecule has 17 heavy (non-hydrogen) atoms. The minimum absolute atomic E-state index is 0.349. The minimum Gasteiger partial charge on any atom is -0.273 e. The van der Waals surface area contributed by atoms with Crippen LogP contribution in [0.1, 0.15) is 20.8 Å². The standard InChI is InChI=1S/C15H22NSi/c1-15(2,3)17(4,5)16-12-8-10-13-9-6-7-11-14(13)16/h6-12H,1-5H3/q+1. The van der Waals surface area contributed by atoms with Gasteiger partial charge in [-0.3, -0.25) is 4.23 Å². The molecule has 1 heterocycles. The van der Waals surface area contributed by atoms with Crippen LogP contribution in [0.4, 0.5) is 0 Å². The van der Waals surface area contributed by atoms with Crippen LogP contribution in [0.5, 0.6) is 0 Å². The summed E-state index contributed by atoms with van der Waals surface area (Å²) in [5.41, 5.74) is 1.36. The van der Waals surface area contributed by atoms with Crippen molar-refractivity contribution in [3.05, 3.63) is 42.6 Å². The first-order chi connectivity index (χ1) is 7.84. The molecular weight excluding hydrogens is 222 g/mol. The van der Waals surface area contributed by atoms with Crippen LogP contribution in [0.2, 0.25) is 18.1 Å². The van der Waals surface area contributed by atoms with Gasteiger partial charge in [0.1, 0.15) is 6.20 Å². The van der Waals surface area contributed by atoms with Crippen LogP contribution in [0, 0.1) is 0 Å². The molecule has 0 saturated carbocycles. The molecule has 2 aromatic rings. The zero-order valence-corrected chi connectivity index (χ0v) is 12.5. The maximum atomic E-state index is 2.53. The van der Waals surface area contributed by atoms with Crippen molar-refractivity contribution in [2.45, 2.75) is 38.9 Å².